The number of rotatable bonds is 5. The predicted octanol–water partition coefficient (Wildman–Crippen LogP) is 0.865. The van der Waals surface area contributed by atoms with Gasteiger partial charge in [-0.2, -0.15) is 4.37 Å². The zero-order chi connectivity index (χ0) is 13.3. The standard InChI is InChI=1S/C11H15N3O3S/c1-6-9(11(16)17)10(18-13-6)14(2)8(15)5-12-7-3-4-7/h7,12H,3-5H2,1-2H3,(H,16,17). The van der Waals surface area contributed by atoms with Crippen LogP contribution in [0.15, 0.2) is 0 Å². The number of aromatic carboxylic acids is 1. The molecule has 18 heavy (non-hydrogen) atoms. The lowest BCUT2D eigenvalue weighted by molar-refractivity contribution is -0.117. The molecule has 0 bridgehead atoms. The number of carboxylic acid groups (broad SMARTS) is 1. The van der Waals surface area contributed by atoms with E-state index in [1.54, 1.807) is 14.0 Å². The number of carbonyl (C=O) groups excluding carboxylic acids is 1. The van der Waals surface area contributed by atoms with Crippen molar-refractivity contribution in [3.05, 3.63) is 11.3 Å². The van der Waals surface area contributed by atoms with Crippen molar-refractivity contribution in [2.75, 3.05) is 18.5 Å². The molecule has 1 aliphatic rings. The number of hydrogen-bond acceptors (Lipinski definition) is 5. The normalized spacial score (nSPS) is 14.6. The summed E-state index contributed by atoms with van der Waals surface area (Å²) in [6, 6.07) is 0.449. The van der Waals surface area contributed by atoms with Crippen LogP contribution >= 0.6 is 11.5 Å². The highest BCUT2D eigenvalue weighted by molar-refractivity contribution is 7.11. The summed E-state index contributed by atoms with van der Waals surface area (Å²) in [5.74, 6) is -1.20. The Morgan fingerprint density at radius 3 is 2.78 bits per heavy atom. The Morgan fingerprint density at radius 2 is 2.22 bits per heavy atom. The fourth-order valence-corrected chi connectivity index (χ4v) is 2.45. The maximum atomic E-state index is 11.9. The largest absolute Gasteiger partial charge is 0.478 e. The highest BCUT2D eigenvalue weighted by atomic mass is 32.1. The van der Waals surface area contributed by atoms with Gasteiger partial charge < -0.3 is 15.3 Å². The highest BCUT2D eigenvalue weighted by Gasteiger charge is 2.26. The maximum Gasteiger partial charge on any atom is 0.340 e. The molecule has 7 heteroatoms. The molecule has 2 N–H and O–H groups in total. The first-order valence-corrected chi connectivity index (χ1v) is 6.47. The third kappa shape index (κ3) is 2.68. The fraction of sp³-hybridized carbons (Fsp3) is 0.545. The molecule has 0 aromatic carbocycles. The maximum absolute atomic E-state index is 11.9. The average Bonchev–Trinajstić information content (AvgIpc) is 3.06. The van der Waals surface area contributed by atoms with Crippen LogP contribution in [0, 0.1) is 6.92 Å². The van der Waals surface area contributed by atoms with Gasteiger partial charge in [0, 0.05) is 13.1 Å². The Bertz CT molecular complexity index is 482. The van der Waals surface area contributed by atoms with Gasteiger partial charge in [0.15, 0.2) is 0 Å². The zero-order valence-corrected chi connectivity index (χ0v) is 11.1. The molecule has 1 saturated carbocycles. The fourth-order valence-electron chi connectivity index (χ4n) is 1.58. The molecule has 1 aliphatic carbocycles. The molecule has 1 aromatic rings. The Hall–Kier alpha value is -1.47. The number of nitrogens with one attached hydrogen (secondary N) is 1. The first-order valence-electron chi connectivity index (χ1n) is 5.70. The number of nitrogens with zero attached hydrogens (tertiary/aromatic N) is 2. The molecule has 0 radical (unpaired) electrons. The summed E-state index contributed by atoms with van der Waals surface area (Å²) in [6.07, 6.45) is 2.22. The summed E-state index contributed by atoms with van der Waals surface area (Å²) in [7, 11) is 1.58. The highest BCUT2D eigenvalue weighted by Crippen LogP contribution is 2.27. The number of anilines is 1. The minimum atomic E-state index is -1.05. The van der Waals surface area contributed by atoms with Crippen LogP contribution < -0.4 is 10.2 Å². The van der Waals surface area contributed by atoms with E-state index in [4.69, 9.17) is 5.11 Å². The van der Waals surface area contributed by atoms with Gasteiger partial charge in [-0.1, -0.05) is 0 Å². The topological polar surface area (TPSA) is 82.5 Å². The third-order valence-electron chi connectivity index (χ3n) is 2.86. The average molecular weight is 269 g/mol. The van der Waals surface area contributed by atoms with Gasteiger partial charge in [-0.05, 0) is 31.3 Å². The van der Waals surface area contributed by atoms with Crippen molar-refractivity contribution >= 4 is 28.4 Å². The summed E-state index contributed by atoms with van der Waals surface area (Å²) in [5, 5.41) is 12.6. The molecule has 0 spiro atoms. The lowest BCUT2D eigenvalue weighted by Gasteiger charge is -2.16. The van der Waals surface area contributed by atoms with Crippen LogP contribution in [-0.2, 0) is 4.79 Å². The number of carbonyl (C=O) groups is 2. The Kier molecular flexibility index (Phi) is 3.63. The van der Waals surface area contributed by atoms with Gasteiger partial charge in [0.05, 0.1) is 12.2 Å². The number of likely N-dealkylation sites (N-methyl/N-ethyl adjacent to an activating group) is 1. The van der Waals surface area contributed by atoms with E-state index in [2.05, 4.69) is 9.69 Å². The first-order chi connectivity index (χ1) is 8.50. The summed E-state index contributed by atoms with van der Waals surface area (Å²) < 4.78 is 4.00. The molecule has 98 valence electrons. The van der Waals surface area contributed by atoms with Crippen LogP contribution in [0.3, 0.4) is 0 Å². The van der Waals surface area contributed by atoms with Gasteiger partial charge >= 0.3 is 5.97 Å². The van der Waals surface area contributed by atoms with Crippen molar-refractivity contribution in [3.63, 3.8) is 0 Å². The first kappa shape index (κ1) is 13.0. The number of aryl methyl sites for hydroxylation is 1. The summed E-state index contributed by atoms with van der Waals surface area (Å²) in [6.45, 7) is 1.86. The van der Waals surface area contributed by atoms with E-state index in [1.807, 2.05) is 0 Å². The third-order valence-corrected chi connectivity index (χ3v) is 3.87. The molecule has 1 aromatic heterocycles. The summed E-state index contributed by atoms with van der Waals surface area (Å²) in [4.78, 5) is 24.4. The Morgan fingerprint density at radius 1 is 1.56 bits per heavy atom. The van der Waals surface area contributed by atoms with E-state index in [-0.39, 0.29) is 18.0 Å². The van der Waals surface area contributed by atoms with Crippen LogP contribution in [0.2, 0.25) is 0 Å². The quantitative estimate of drug-likeness (QED) is 0.828. The zero-order valence-electron chi connectivity index (χ0n) is 10.3. The second-order valence-electron chi connectivity index (χ2n) is 4.36. The molecule has 0 atom stereocenters. The van der Waals surface area contributed by atoms with Crippen molar-refractivity contribution < 1.29 is 14.7 Å². The molecular weight excluding hydrogens is 254 g/mol. The predicted molar refractivity (Wildman–Crippen MR) is 68.2 cm³/mol. The van der Waals surface area contributed by atoms with Gasteiger partial charge in [0.2, 0.25) is 5.91 Å². The monoisotopic (exact) mass is 269 g/mol. The van der Waals surface area contributed by atoms with E-state index in [9.17, 15) is 9.59 Å². The van der Waals surface area contributed by atoms with Crippen LogP contribution in [-0.4, -0.2) is 41.0 Å². The lowest BCUT2D eigenvalue weighted by atomic mass is 10.2. The smallest absolute Gasteiger partial charge is 0.340 e. The van der Waals surface area contributed by atoms with Crippen LogP contribution in [0.25, 0.3) is 0 Å². The molecule has 6 nitrogen and oxygen atoms in total. The van der Waals surface area contributed by atoms with Crippen LogP contribution in [0.5, 0.6) is 0 Å². The van der Waals surface area contributed by atoms with Crippen LogP contribution in [0.1, 0.15) is 28.9 Å². The second kappa shape index (κ2) is 5.03. The molecule has 0 saturated heterocycles. The number of amides is 1. The summed E-state index contributed by atoms with van der Waals surface area (Å²) >= 11 is 1.04. The van der Waals surface area contributed by atoms with Gasteiger partial charge in [0.1, 0.15) is 10.6 Å². The molecule has 1 fully saturated rings. The van der Waals surface area contributed by atoms with Crippen LogP contribution in [0.4, 0.5) is 5.00 Å². The van der Waals surface area contributed by atoms with Gasteiger partial charge in [0.25, 0.3) is 0 Å². The number of hydrogen-bond donors (Lipinski definition) is 2. The van der Waals surface area contributed by atoms with Crippen molar-refractivity contribution in [2.24, 2.45) is 0 Å². The van der Waals surface area contributed by atoms with E-state index in [1.165, 1.54) is 4.90 Å². The van der Waals surface area contributed by atoms with Gasteiger partial charge in [-0.15, -0.1) is 0 Å². The Labute approximate surface area is 109 Å². The minimum absolute atomic E-state index is 0.113. The SMILES string of the molecule is Cc1nsc(N(C)C(=O)CNC2CC2)c1C(=O)O. The van der Waals surface area contributed by atoms with Crippen molar-refractivity contribution in [2.45, 2.75) is 25.8 Å². The molecular formula is C11H15N3O3S. The molecule has 1 heterocycles. The Balaban J connectivity index is 2.09. The van der Waals surface area contributed by atoms with Crippen molar-refractivity contribution in [1.82, 2.24) is 9.69 Å². The number of carboxylic acids is 1. The van der Waals surface area contributed by atoms with E-state index >= 15 is 0 Å². The summed E-state index contributed by atoms with van der Waals surface area (Å²) in [5.41, 5.74) is 0.555. The van der Waals surface area contributed by atoms with Gasteiger partial charge in [-0.3, -0.25) is 4.79 Å². The molecule has 1 amide bonds. The number of aromatic nitrogens is 1. The van der Waals surface area contributed by atoms with E-state index in [0.29, 0.717) is 16.7 Å². The molecule has 0 aliphatic heterocycles. The van der Waals surface area contributed by atoms with Crippen molar-refractivity contribution in [3.8, 4) is 0 Å². The minimum Gasteiger partial charge on any atom is -0.478 e. The van der Waals surface area contributed by atoms with E-state index in [0.717, 1.165) is 24.4 Å². The molecule has 2 rings (SSSR count). The second-order valence-corrected chi connectivity index (χ2v) is 5.11. The molecule has 0 unspecified atom stereocenters. The van der Waals surface area contributed by atoms with Crippen molar-refractivity contribution in [1.29, 1.82) is 0 Å². The van der Waals surface area contributed by atoms with E-state index < -0.39 is 5.97 Å². The van der Waals surface area contributed by atoms with Gasteiger partial charge in [-0.25, -0.2) is 4.79 Å². The lowest BCUT2D eigenvalue weighted by Crippen LogP contribution is -2.36.